The predicted molar refractivity (Wildman–Crippen MR) is 103 cm³/mol. The molecule has 2 aromatic rings. The van der Waals surface area contributed by atoms with Crippen LogP contribution in [-0.4, -0.2) is 32.4 Å². The molecule has 0 fully saturated rings. The molecule has 0 aliphatic carbocycles. The van der Waals surface area contributed by atoms with Gasteiger partial charge in [-0.1, -0.05) is 32.0 Å². The summed E-state index contributed by atoms with van der Waals surface area (Å²) >= 11 is 1.19. The zero-order chi connectivity index (χ0) is 19.2. The minimum atomic E-state index is -0.309. The Kier molecular flexibility index (Phi) is 6.91. The Morgan fingerprint density at radius 3 is 2.46 bits per heavy atom. The van der Waals surface area contributed by atoms with Crippen LogP contribution < -0.4 is 14.8 Å². The maximum absolute atomic E-state index is 13.6. The maximum Gasteiger partial charge on any atom is 0.230 e. The van der Waals surface area contributed by atoms with Gasteiger partial charge in [0, 0.05) is 16.9 Å². The van der Waals surface area contributed by atoms with Crippen LogP contribution in [0.1, 0.15) is 19.4 Å². The van der Waals surface area contributed by atoms with Crippen molar-refractivity contribution in [3.05, 3.63) is 53.8 Å². The average molecular weight is 377 g/mol. The largest absolute Gasteiger partial charge is 0.493 e. The van der Waals surface area contributed by atoms with E-state index in [0.717, 1.165) is 5.56 Å². The van der Waals surface area contributed by atoms with Crippen molar-refractivity contribution in [2.24, 2.45) is 0 Å². The molecule has 0 unspecified atom stereocenters. The molecule has 1 amide bonds. The number of carbonyl (C=O) groups is 1. The molecule has 0 aliphatic rings. The summed E-state index contributed by atoms with van der Waals surface area (Å²) in [6.45, 7) is 4.54. The van der Waals surface area contributed by atoms with E-state index in [9.17, 15) is 9.18 Å². The molecule has 0 bridgehead atoms. The van der Waals surface area contributed by atoms with E-state index in [1.54, 1.807) is 32.4 Å². The van der Waals surface area contributed by atoms with Gasteiger partial charge in [0.2, 0.25) is 5.91 Å². The summed E-state index contributed by atoms with van der Waals surface area (Å²) in [5, 5.41) is 2.92. The van der Waals surface area contributed by atoms with E-state index >= 15 is 0 Å². The molecule has 0 aromatic heterocycles. The summed E-state index contributed by atoms with van der Waals surface area (Å²) in [4.78, 5) is 12.6. The van der Waals surface area contributed by atoms with Gasteiger partial charge in [0.1, 0.15) is 5.82 Å². The number of benzene rings is 2. The topological polar surface area (TPSA) is 47.6 Å². The van der Waals surface area contributed by atoms with Crippen LogP contribution in [-0.2, 0) is 10.2 Å². The molecule has 140 valence electrons. The second-order valence-electron chi connectivity index (χ2n) is 6.45. The standard InChI is InChI=1S/C20H24FNO3S/c1-20(2,14-9-10-16(24-3)17(11-14)25-4)13-22-19(23)12-26-18-8-6-5-7-15(18)21/h5-11H,12-13H2,1-4H3,(H,22,23). The highest BCUT2D eigenvalue weighted by molar-refractivity contribution is 8.00. The zero-order valence-corrected chi connectivity index (χ0v) is 16.3. The van der Waals surface area contributed by atoms with Gasteiger partial charge in [-0.05, 0) is 29.8 Å². The first kappa shape index (κ1) is 20.1. The van der Waals surface area contributed by atoms with Gasteiger partial charge in [0.15, 0.2) is 11.5 Å². The van der Waals surface area contributed by atoms with Gasteiger partial charge >= 0.3 is 0 Å². The summed E-state index contributed by atoms with van der Waals surface area (Å²) in [7, 11) is 3.19. The first-order valence-electron chi connectivity index (χ1n) is 8.24. The molecule has 1 N–H and O–H groups in total. The fraction of sp³-hybridized carbons (Fsp3) is 0.350. The van der Waals surface area contributed by atoms with E-state index in [-0.39, 0.29) is 22.9 Å². The Morgan fingerprint density at radius 1 is 1.12 bits per heavy atom. The smallest absolute Gasteiger partial charge is 0.230 e. The Morgan fingerprint density at radius 2 is 1.81 bits per heavy atom. The lowest BCUT2D eigenvalue weighted by Gasteiger charge is -2.26. The van der Waals surface area contributed by atoms with E-state index in [0.29, 0.717) is 22.9 Å². The first-order chi connectivity index (χ1) is 12.4. The highest BCUT2D eigenvalue weighted by Crippen LogP contribution is 2.33. The van der Waals surface area contributed by atoms with Crippen LogP contribution >= 0.6 is 11.8 Å². The number of methoxy groups -OCH3 is 2. The molecule has 0 radical (unpaired) electrons. The van der Waals surface area contributed by atoms with Gasteiger partial charge in [0.25, 0.3) is 0 Å². The van der Waals surface area contributed by atoms with Crippen LogP contribution in [0.2, 0.25) is 0 Å². The second kappa shape index (κ2) is 8.94. The lowest BCUT2D eigenvalue weighted by atomic mass is 9.84. The SMILES string of the molecule is COc1ccc(C(C)(C)CNC(=O)CSc2ccccc2F)cc1OC. The van der Waals surface area contributed by atoms with Gasteiger partial charge in [-0.3, -0.25) is 4.79 Å². The van der Waals surface area contributed by atoms with E-state index in [1.165, 1.54) is 17.8 Å². The summed E-state index contributed by atoms with van der Waals surface area (Å²) < 4.78 is 24.2. The van der Waals surface area contributed by atoms with Crippen LogP contribution in [0.15, 0.2) is 47.4 Å². The highest BCUT2D eigenvalue weighted by Gasteiger charge is 2.23. The Labute approximate surface area is 158 Å². The molecule has 0 spiro atoms. The molecule has 0 saturated heterocycles. The number of amides is 1. The van der Waals surface area contributed by atoms with Crippen LogP contribution in [0.4, 0.5) is 4.39 Å². The minimum Gasteiger partial charge on any atom is -0.493 e. The molecule has 4 nitrogen and oxygen atoms in total. The highest BCUT2D eigenvalue weighted by atomic mass is 32.2. The number of ether oxygens (including phenoxy) is 2. The molecule has 26 heavy (non-hydrogen) atoms. The van der Waals surface area contributed by atoms with Gasteiger partial charge in [-0.15, -0.1) is 11.8 Å². The van der Waals surface area contributed by atoms with E-state index in [4.69, 9.17) is 9.47 Å². The Balaban J connectivity index is 1.94. The number of thioether (sulfide) groups is 1. The first-order valence-corrected chi connectivity index (χ1v) is 9.22. The summed E-state index contributed by atoms with van der Waals surface area (Å²) in [6, 6.07) is 12.2. The van der Waals surface area contributed by atoms with Crippen molar-refractivity contribution in [1.29, 1.82) is 0 Å². The normalized spacial score (nSPS) is 11.1. The molecule has 6 heteroatoms. The lowest BCUT2D eigenvalue weighted by Crippen LogP contribution is -2.37. The summed E-state index contributed by atoms with van der Waals surface area (Å²) in [5.41, 5.74) is 0.731. The zero-order valence-electron chi connectivity index (χ0n) is 15.5. The average Bonchev–Trinajstić information content (AvgIpc) is 2.65. The molecule has 0 heterocycles. The van der Waals surface area contributed by atoms with Crippen LogP contribution in [0.3, 0.4) is 0 Å². The van der Waals surface area contributed by atoms with Crippen molar-refractivity contribution in [2.75, 3.05) is 26.5 Å². The predicted octanol–water partition coefficient (Wildman–Crippen LogP) is 4.03. The third kappa shape index (κ3) is 5.14. The summed E-state index contributed by atoms with van der Waals surface area (Å²) in [5.74, 6) is 1.04. The van der Waals surface area contributed by atoms with Crippen molar-refractivity contribution < 1.29 is 18.7 Å². The van der Waals surface area contributed by atoms with Crippen molar-refractivity contribution >= 4 is 17.7 Å². The van der Waals surface area contributed by atoms with Crippen LogP contribution in [0.25, 0.3) is 0 Å². The number of halogens is 1. The van der Waals surface area contributed by atoms with E-state index in [1.807, 2.05) is 32.0 Å². The third-order valence-corrected chi connectivity index (χ3v) is 5.14. The van der Waals surface area contributed by atoms with Crippen molar-refractivity contribution in [2.45, 2.75) is 24.2 Å². The van der Waals surface area contributed by atoms with Crippen LogP contribution in [0.5, 0.6) is 11.5 Å². The fourth-order valence-electron chi connectivity index (χ4n) is 2.43. The minimum absolute atomic E-state index is 0.133. The molecule has 2 rings (SSSR count). The van der Waals surface area contributed by atoms with Crippen LogP contribution in [0, 0.1) is 5.82 Å². The molecular weight excluding hydrogens is 353 g/mol. The number of carbonyl (C=O) groups excluding carboxylic acids is 1. The molecular formula is C20H24FNO3S. The van der Waals surface area contributed by atoms with Gasteiger partial charge in [-0.25, -0.2) is 4.39 Å². The number of rotatable bonds is 8. The van der Waals surface area contributed by atoms with Crippen molar-refractivity contribution in [1.82, 2.24) is 5.32 Å². The maximum atomic E-state index is 13.6. The van der Waals surface area contributed by atoms with Gasteiger partial charge in [-0.2, -0.15) is 0 Å². The quantitative estimate of drug-likeness (QED) is 0.706. The van der Waals surface area contributed by atoms with Crippen molar-refractivity contribution in [3.63, 3.8) is 0 Å². The molecule has 0 saturated carbocycles. The Hall–Kier alpha value is -2.21. The van der Waals surface area contributed by atoms with Crippen molar-refractivity contribution in [3.8, 4) is 11.5 Å². The number of hydrogen-bond acceptors (Lipinski definition) is 4. The monoisotopic (exact) mass is 377 g/mol. The lowest BCUT2D eigenvalue weighted by molar-refractivity contribution is -0.118. The molecule has 2 aromatic carbocycles. The fourth-order valence-corrected chi connectivity index (χ4v) is 3.20. The molecule has 0 atom stereocenters. The Bertz CT molecular complexity index is 764. The number of hydrogen-bond donors (Lipinski definition) is 1. The van der Waals surface area contributed by atoms with Gasteiger partial charge in [0.05, 0.1) is 20.0 Å². The summed E-state index contributed by atoms with van der Waals surface area (Å²) in [6.07, 6.45) is 0. The molecule has 0 aliphatic heterocycles. The second-order valence-corrected chi connectivity index (χ2v) is 7.47. The van der Waals surface area contributed by atoms with E-state index in [2.05, 4.69) is 5.32 Å². The van der Waals surface area contributed by atoms with E-state index < -0.39 is 0 Å². The number of nitrogens with one attached hydrogen (secondary N) is 1. The van der Waals surface area contributed by atoms with Gasteiger partial charge < -0.3 is 14.8 Å². The third-order valence-electron chi connectivity index (χ3n) is 4.09.